The van der Waals surface area contributed by atoms with Gasteiger partial charge in [0.05, 0.1) is 12.3 Å². The quantitative estimate of drug-likeness (QED) is 0.486. The number of fused-ring (bicyclic) bond motifs is 1. The van der Waals surface area contributed by atoms with E-state index in [1.54, 1.807) is 24.4 Å². The molecule has 7 nitrogen and oxygen atoms in total. The summed E-state index contributed by atoms with van der Waals surface area (Å²) in [5.41, 5.74) is 1.15. The molecule has 0 radical (unpaired) electrons. The molecule has 1 aliphatic carbocycles. The van der Waals surface area contributed by atoms with Crippen LogP contribution in [-0.4, -0.2) is 69.0 Å². The lowest BCUT2D eigenvalue weighted by Gasteiger charge is -2.43. The molecule has 0 amide bonds. The molecule has 3 rings (SSSR count). The van der Waals surface area contributed by atoms with E-state index in [1.165, 1.54) is 0 Å². The monoisotopic (exact) mass is 407 g/mol. The Bertz CT molecular complexity index is 618. The van der Waals surface area contributed by atoms with Crippen molar-refractivity contribution in [1.82, 2.24) is 0 Å². The fourth-order valence-electron chi connectivity index (χ4n) is 2.58. The normalized spacial score (nSPS) is 42.9. The number of alkyl halides is 1. The predicted octanol–water partition coefficient (Wildman–Crippen LogP) is -0.0749. The third-order valence-electron chi connectivity index (χ3n) is 3.90. The molecule has 2 aliphatic heterocycles. The zero-order chi connectivity index (χ0) is 16.8. The van der Waals surface area contributed by atoms with Gasteiger partial charge in [-0.1, -0.05) is 27.5 Å². The first-order valence-corrected chi connectivity index (χ1v) is 8.06. The van der Waals surface area contributed by atoms with E-state index in [-0.39, 0.29) is 0 Å². The van der Waals surface area contributed by atoms with Gasteiger partial charge in [0.2, 0.25) is 5.06 Å². The second-order valence-corrected chi connectivity index (χ2v) is 6.72. The van der Waals surface area contributed by atoms with Crippen LogP contribution in [0, 0.1) is 0 Å². The molecule has 2 heterocycles. The van der Waals surface area contributed by atoms with Crippen LogP contribution in [0.1, 0.15) is 0 Å². The lowest BCUT2D eigenvalue weighted by atomic mass is 9.98. The summed E-state index contributed by atoms with van der Waals surface area (Å²) < 4.78 is 11.5. The summed E-state index contributed by atoms with van der Waals surface area (Å²) in [6.07, 6.45) is -0.342. The minimum absolute atomic E-state index is 0.462. The molecule has 1 fully saturated rings. The number of allylic oxidation sites excluding steroid dienone is 3. The Morgan fingerprint density at radius 3 is 2.65 bits per heavy atom. The van der Waals surface area contributed by atoms with E-state index in [4.69, 9.17) is 21.1 Å². The van der Waals surface area contributed by atoms with Gasteiger partial charge in [0.25, 0.3) is 0 Å². The van der Waals surface area contributed by atoms with Crippen LogP contribution >= 0.6 is 27.5 Å². The molecule has 9 heteroatoms. The number of halogens is 2. The average Bonchev–Trinajstić information content (AvgIpc) is 3.02. The summed E-state index contributed by atoms with van der Waals surface area (Å²) in [6, 6.07) is 0. The largest absolute Gasteiger partial charge is 0.394 e. The van der Waals surface area contributed by atoms with Crippen molar-refractivity contribution >= 4 is 33.7 Å². The summed E-state index contributed by atoms with van der Waals surface area (Å²) in [7, 11) is 0. The maximum atomic E-state index is 10.1. The third-order valence-corrected chi connectivity index (χ3v) is 5.45. The van der Waals surface area contributed by atoms with Gasteiger partial charge in [-0.05, 0) is 18.2 Å². The van der Waals surface area contributed by atoms with Crippen molar-refractivity contribution in [2.24, 2.45) is 4.99 Å². The van der Waals surface area contributed by atoms with Gasteiger partial charge in [0.1, 0.15) is 24.4 Å². The lowest BCUT2D eigenvalue weighted by Crippen LogP contribution is -2.60. The Balaban J connectivity index is 1.86. The molecule has 0 spiro atoms. The van der Waals surface area contributed by atoms with Gasteiger partial charge in [-0.15, -0.1) is 0 Å². The molecule has 23 heavy (non-hydrogen) atoms. The molecule has 0 aromatic heterocycles. The Kier molecular flexibility index (Phi) is 4.78. The first-order chi connectivity index (χ1) is 10.9. The van der Waals surface area contributed by atoms with Gasteiger partial charge in [0, 0.05) is 16.3 Å². The average molecular weight is 409 g/mol. The van der Waals surface area contributed by atoms with Crippen molar-refractivity contribution in [3.63, 3.8) is 0 Å². The van der Waals surface area contributed by atoms with Crippen LogP contribution < -0.4 is 0 Å². The van der Waals surface area contributed by atoms with Crippen LogP contribution in [0.25, 0.3) is 0 Å². The van der Waals surface area contributed by atoms with Crippen molar-refractivity contribution < 1.29 is 29.9 Å². The Morgan fingerprint density at radius 2 is 1.96 bits per heavy atom. The minimum atomic E-state index is -1.54. The smallest absolute Gasteiger partial charge is 0.204 e. The van der Waals surface area contributed by atoms with Crippen LogP contribution in [0.5, 0.6) is 0 Å². The molecular formula is C14H15BrClNO6. The van der Waals surface area contributed by atoms with Crippen LogP contribution in [0.3, 0.4) is 0 Å². The van der Waals surface area contributed by atoms with Crippen LogP contribution in [0.4, 0.5) is 0 Å². The van der Waals surface area contributed by atoms with Crippen molar-refractivity contribution in [1.29, 1.82) is 0 Å². The maximum absolute atomic E-state index is 10.1. The highest BCUT2D eigenvalue weighted by Crippen LogP contribution is 2.47. The van der Waals surface area contributed by atoms with Gasteiger partial charge < -0.3 is 29.9 Å². The maximum Gasteiger partial charge on any atom is 0.204 e. The van der Waals surface area contributed by atoms with Gasteiger partial charge in [-0.3, -0.25) is 4.99 Å². The van der Waals surface area contributed by atoms with Crippen molar-refractivity contribution in [3.8, 4) is 0 Å². The van der Waals surface area contributed by atoms with Gasteiger partial charge >= 0.3 is 0 Å². The second-order valence-electron chi connectivity index (χ2n) is 5.34. The highest BCUT2D eigenvalue weighted by Gasteiger charge is 2.50. The Morgan fingerprint density at radius 1 is 1.22 bits per heavy atom. The summed E-state index contributed by atoms with van der Waals surface area (Å²) in [5, 5.41) is 37.5. The van der Waals surface area contributed by atoms with E-state index < -0.39 is 42.4 Å². The molecular weight excluding hydrogens is 394 g/mol. The van der Waals surface area contributed by atoms with Crippen molar-refractivity contribution in [2.75, 3.05) is 6.61 Å². The lowest BCUT2D eigenvalue weighted by molar-refractivity contribution is -0.309. The number of ether oxygens (including phenoxy) is 2. The number of aliphatic imine (C=N–C) groups is 1. The first kappa shape index (κ1) is 17.2. The number of aliphatic hydroxyl groups excluding tert-OH is 4. The third kappa shape index (κ3) is 2.83. The number of hydrogen-bond acceptors (Lipinski definition) is 7. The summed E-state index contributed by atoms with van der Waals surface area (Å²) in [5.74, 6) is 0. The summed E-state index contributed by atoms with van der Waals surface area (Å²) >= 11 is 9.89. The van der Waals surface area contributed by atoms with Gasteiger partial charge in [-0.25, -0.2) is 0 Å². The van der Waals surface area contributed by atoms with Gasteiger partial charge in [0.15, 0.2) is 6.29 Å². The second kappa shape index (κ2) is 6.38. The number of hydrogen-bond donors (Lipinski definition) is 4. The molecule has 3 aliphatic rings. The van der Waals surface area contributed by atoms with Crippen LogP contribution in [0.2, 0.25) is 0 Å². The summed E-state index contributed by atoms with van der Waals surface area (Å²) in [6.45, 7) is -0.548. The van der Waals surface area contributed by atoms with E-state index >= 15 is 0 Å². The van der Waals surface area contributed by atoms with Crippen LogP contribution in [0.15, 0.2) is 39.0 Å². The number of rotatable bonds is 3. The fraction of sp³-hybridized carbons (Fsp3) is 0.500. The molecule has 1 unspecified atom stereocenters. The van der Waals surface area contributed by atoms with E-state index in [9.17, 15) is 20.4 Å². The molecule has 6 atom stereocenters. The van der Waals surface area contributed by atoms with E-state index in [0.717, 1.165) is 0 Å². The van der Waals surface area contributed by atoms with E-state index in [1.807, 2.05) is 0 Å². The molecule has 126 valence electrons. The molecule has 0 aromatic rings. The highest BCUT2D eigenvalue weighted by molar-refractivity contribution is 9.11. The standard InChI is InChI=1S/C14H15BrClNO6/c15-9-2-1-7-6(3-4-17-7)14(9,16)23-13-12(21)11(20)10(19)8(5-18)22-13/h1-4,8,10-13,18-21H,5H2/t8-,10+,11+,12-,13+,14?/m1/s1. The molecule has 4 N–H and O–H groups in total. The van der Waals surface area contributed by atoms with Gasteiger partial charge in [-0.2, -0.15) is 0 Å². The molecule has 0 saturated carbocycles. The first-order valence-electron chi connectivity index (χ1n) is 6.89. The number of nitrogens with zero attached hydrogens (tertiary/aromatic N) is 1. The van der Waals surface area contributed by atoms with E-state index in [2.05, 4.69) is 20.9 Å². The topological polar surface area (TPSA) is 112 Å². The van der Waals surface area contributed by atoms with Crippen molar-refractivity contribution in [2.45, 2.75) is 35.8 Å². The van der Waals surface area contributed by atoms with Crippen LogP contribution in [-0.2, 0) is 9.47 Å². The SMILES string of the molecule is OC[C@H]1O[C@@H](OC2(Cl)C(Br)=CC=C3N=CC=C32)[C@H](O)[C@@H](O)[C@H]1O. The molecule has 0 aromatic carbocycles. The minimum Gasteiger partial charge on any atom is -0.394 e. The number of aliphatic hydroxyl groups is 4. The molecule has 1 saturated heterocycles. The summed E-state index contributed by atoms with van der Waals surface area (Å²) in [4.78, 5) is 4.14. The fourth-order valence-corrected chi connectivity index (χ4v) is 3.33. The van der Waals surface area contributed by atoms with E-state index in [0.29, 0.717) is 15.8 Å². The molecule has 0 bridgehead atoms. The van der Waals surface area contributed by atoms with Crippen molar-refractivity contribution in [3.05, 3.63) is 34.0 Å². The Hall–Kier alpha value is -0.580. The zero-order valence-corrected chi connectivity index (χ0v) is 14.1. The predicted molar refractivity (Wildman–Crippen MR) is 85.1 cm³/mol. The Labute approximate surface area is 145 Å². The zero-order valence-electron chi connectivity index (χ0n) is 11.7. The highest BCUT2D eigenvalue weighted by atomic mass is 79.9.